The molecular weight excluding hydrogens is 373 g/mol. The second-order valence-electron chi connectivity index (χ2n) is 5.74. The monoisotopic (exact) mass is 393 g/mol. The lowest BCUT2D eigenvalue weighted by Crippen LogP contribution is -2.29. The van der Waals surface area contributed by atoms with Crippen molar-refractivity contribution < 1.29 is 9.59 Å². The molecule has 2 aromatic carbocycles. The van der Waals surface area contributed by atoms with E-state index in [1.807, 2.05) is 6.07 Å². The summed E-state index contributed by atoms with van der Waals surface area (Å²) in [5.74, 6) is -0.411. The summed E-state index contributed by atoms with van der Waals surface area (Å²) in [7, 11) is 0. The average molecular weight is 394 g/mol. The maximum Gasteiger partial charge on any atom is 0.253 e. The van der Waals surface area contributed by atoms with Crippen LogP contribution in [-0.4, -0.2) is 24.9 Å². The van der Waals surface area contributed by atoms with Gasteiger partial charge >= 0.3 is 0 Å². The molecule has 0 aliphatic heterocycles. The Morgan fingerprint density at radius 1 is 1.04 bits per heavy atom. The number of nitrogens with two attached hydrogens (primary N) is 1. The molecule has 2 amide bonds. The highest BCUT2D eigenvalue weighted by atomic mass is 35.5. The van der Waals surface area contributed by atoms with Gasteiger partial charge in [0.25, 0.3) is 5.91 Å². The van der Waals surface area contributed by atoms with Gasteiger partial charge in [0.2, 0.25) is 5.91 Å². The Hall–Kier alpha value is -2.08. The first-order chi connectivity index (χ1) is 12.5. The molecule has 4 N–H and O–H groups in total. The van der Waals surface area contributed by atoms with Crippen molar-refractivity contribution in [2.24, 2.45) is 5.73 Å². The van der Waals surface area contributed by atoms with E-state index in [9.17, 15) is 9.59 Å². The summed E-state index contributed by atoms with van der Waals surface area (Å²) >= 11 is 11.9. The van der Waals surface area contributed by atoms with Crippen LogP contribution in [0, 0.1) is 0 Å². The molecule has 0 aliphatic rings. The maximum atomic E-state index is 12.2. The maximum absolute atomic E-state index is 12.2. The highest BCUT2D eigenvalue weighted by Crippen LogP contribution is 2.23. The van der Waals surface area contributed by atoms with Crippen LogP contribution in [0.3, 0.4) is 0 Å². The first-order valence-electron chi connectivity index (χ1n) is 8.32. The fourth-order valence-corrected chi connectivity index (χ4v) is 2.75. The molecule has 0 aliphatic carbocycles. The number of rotatable bonds is 8. The van der Waals surface area contributed by atoms with E-state index in [1.165, 1.54) is 0 Å². The highest BCUT2D eigenvalue weighted by Gasteiger charge is 2.12. The van der Waals surface area contributed by atoms with E-state index in [0.29, 0.717) is 53.6 Å². The minimum Gasteiger partial charge on any atom is -0.351 e. The largest absolute Gasteiger partial charge is 0.351 e. The fraction of sp³-hybridized carbons (Fsp3) is 0.263. The van der Waals surface area contributed by atoms with Gasteiger partial charge in [0, 0.05) is 19.5 Å². The van der Waals surface area contributed by atoms with Crippen molar-refractivity contribution in [2.75, 3.05) is 18.4 Å². The van der Waals surface area contributed by atoms with Crippen LogP contribution in [0.5, 0.6) is 0 Å². The zero-order chi connectivity index (χ0) is 18.9. The minimum atomic E-state index is -0.262. The highest BCUT2D eigenvalue weighted by molar-refractivity contribution is 6.42. The zero-order valence-corrected chi connectivity index (χ0v) is 15.7. The Kier molecular flexibility index (Phi) is 7.91. The molecule has 0 saturated heterocycles. The first kappa shape index (κ1) is 20.2. The lowest BCUT2D eigenvalue weighted by atomic mass is 10.1. The van der Waals surface area contributed by atoms with Crippen LogP contribution in [0.15, 0.2) is 42.5 Å². The summed E-state index contributed by atoms with van der Waals surface area (Å²) in [6.07, 6.45) is 1.70. The number of halogens is 2. The molecule has 7 heteroatoms. The zero-order valence-electron chi connectivity index (χ0n) is 14.2. The van der Waals surface area contributed by atoms with Crippen molar-refractivity contribution in [3.63, 3.8) is 0 Å². The molecule has 0 aromatic heterocycles. The number of carbonyl (C=O) groups is 2. The molecule has 5 nitrogen and oxygen atoms in total. The van der Waals surface area contributed by atoms with Crippen molar-refractivity contribution in [3.05, 3.63) is 63.6 Å². The molecule has 0 bridgehead atoms. The van der Waals surface area contributed by atoms with Gasteiger partial charge in [-0.1, -0.05) is 41.4 Å². The molecule has 26 heavy (non-hydrogen) atoms. The van der Waals surface area contributed by atoms with Gasteiger partial charge < -0.3 is 16.4 Å². The number of nitrogens with one attached hydrogen (secondary N) is 2. The van der Waals surface area contributed by atoms with Crippen molar-refractivity contribution >= 4 is 40.7 Å². The number of benzene rings is 2. The molecule has 0 spiro atoms. The van der Waals surface area contributed by atoms with Crippen LogP contribution in [0.25, 0.3) is 0 Å². The van der Waals surface area contributed by atoms with Crippen LogP contribution in [0.1, 0.15) is 28.8 Å². The van der Waals surface area contributed by atoms with Crippen molar-refractivity contribution in [1.29, 1.82) is 0 Å². The minimum absolute atomic E-state index is 0.149. The first-order valence-corrected chi connectivity index (χ1v) is 9.08. The molecule has 0 atom stereocenters. The van der Waals surface area contributed by atoms with E-state index in [-0.39, 0.29) is 11.8 Å². The van der Waals surface area contributed by atoms with Crippen molar-refractivity contribution in [3.8, 4) is 0 Å². The summed E-state index contributed by atoms with van der Waals surface area (Å²) in [5, 5.41) is 6.51. The summed E-state index contributed by atoms with van der Waals surface area (Å²) in [6.45, 7) is 0.736. The van der Waals surface area contributed by atoms with Crippen molar-refractivity contribution in [2.45, 2.75) is 19.3 Å². The number of aryl methyl sites for hydroxylation is 1. The number of hydrogen-bond acceptors (Lipinski definition) is 3. The number of anilines is 1. The van der Waals surface area contributed by atoms with Crippen LogP contribution >= 0.6 is 23.2 Å². The Balaban J connectivity index is 1.89. The third-order valence-electron chi connectivity index (χ3n) is 3.73. The van der Waals surface area contributed by atoms with Gasteiger partial charge in [-0.3, -0.25) is 9.59 Å². The Morgan fingerprint density at radius 2 is 1.81 bits per heavy atom. The van der Waals surface area contributed by atoms with E-state index in [2.05, 4.69) is 10.6 Å². The predicted octanol–water partition coefficient (Wildman–Crippen LogP) is 3.64. The van der Waals surface area contributed by atoms with E-state index >= 15 is 0 Å². The smallest absolute Gasteiger partial charge is 0.253 e. The van der Waals surface area contributed by atoms with Crippen LogP contribution in [-0.2, 0) is 11.2 Å². The van der Waals surface area contributed by atoms with Gasteiger partial charge in [0.05, 0.1) is 21.3 Å². The summed E-state index contributed by atoms with van der Waals surface area (Å²) < 4.78 is 0. The number of amides is 2. The van der Waals surface area contributed by atoms with Gasteiger partial charge in [-0.2, -0.15) is 0 Å². The standard InChI is InChI=1S/C19H21Cl2N3O2/c20-15-9-8-13(12-16(15)21)4-3-7-18(25)24-17-6-2-1-5-14(17)19(26)23-11-10-22/h1-2,5-6,8-9,12H,3-4,7,10-11,22H2,(H,23,26)(H,24,25). The van der Waals surface area contributed by atoms with E-state index in [4.69, 9.17) is 28.9 Å². The summed E-state index contributed by atoms with van der Waals surface area (Å²) in [6, 6.07) is 12.3. The number of carbonyl (C=O) groups excluding carboxylic acids is 2. The second kappa shape index (κ2) is 10.2. The SMILES string of the molecule is NCCNC(=O)c1ccccc1NC(=O)CCCc1ccc(Cl)c(Cl)c1. The Bertz CT molecular complexity index is 781. The molecule has 0 saturated carbocycles. The molecule has 2 aromatic rings. The third-order valence-corrected chi connectivity index (χ3v) is 4.47. The second-order valence-corrected chi connectivity index (χ2v) is 6.55. The Morgan fingerprint density at radius 3 is 2.54 bits per heavy atom. The summed E-state index contributed by atoms with van der Waals surface area (Å²) in [4.78, 5) is 24.3. The van der Waals surface area contributed by atoms with Gasteiger partial charge in [-0.05, 0) is 42.7 Å². The molecule has 0 unspecified atom stereocenters. The van der Waals surface area contributed by atoms with Crippen molar-refractivity contribution in [1.82, 2.24) is 5.32 Å². The van der Waals surface area contributed by atoms with Gasteiger partial charge in [0.1, 0.15) is 0 Å². The molecular formula is C19H21Cl2N3O2. The number of hydrogen-bond donors (Lipinski definition) is 3. The molecule has 138 valence electrons. The van der Waals surface area contributed by atoms with Crippen LogP contribution in [0.4, 0.5) is 5.69 Å². The topological polar surface area (TPSA) is 84.2 Å². The van der Waals surface area contributed by atoms with E-state index in [1.54, 1.807) is 36.4 Å². The fourth-order valence-electron chi connectivity index (χ4n) is 2.43. The van der Waals surface area contributed by atoms with Gasteiger partial charge in [-0.15, -0.1) is 0 Å². The van der Waals surface area contributed by atoms with E-state index < -0.39 is 0 Å². The molecule has 2 rings (SSSR count). The van der Waals surface area contributed by atoms with Gasteiger partial charge in [0.15, 0.2) is 0 Å². The Labute approximate surface area is 162 Å². The number of para-hydroxylation sites is 1. The predicted molar refractivity (Wildman–Crippen MR) is 106 cm³/mol. The van der Waals surface area contributed by atoms with Crippen LogP contribution in [0.2, 0.25) is 10.0 Å². The molecule has 0 heterocycles. The molecule has 0 radical (unpaired) electrons. The summed E-state index contributed by atoms with van der Waals surface area (Å²) in [5.41, 5.74) is 7.32. The van der Waals surface area contributed by atoms with E-state index in [0.717, 1.165) is 5.56 Å². The molecule has 0 fully saturated rings. The normalized spacial score (nSPS) is 10.4. The van der Waals surface area contributed by atoms with Crippen LogP contribution < -0.4 is 16.4 Å². The lowest BCUT2D eigenvalue weighted by Gasteiger charge is -2.11. The lowest BCUT2D eigenvalue weighted by molar-refractivity contribution is -0.116. The third kappa shape index (κ3) is 6.02. The van der Waals surface area contributed by atoms with Gasteiger partial charge in [-0.25, -0.2) is 0 Å². The average Bonchev–Trinajstić information content (AvgIpc) is 2.63. The quantitative estimate of drug-likeness (QED) is 0.639.